The van der Waals surface area contributed by atoms with Crippen LogP contribution in [0.2, 0.25) is 0 Å². The van der Waals surface area contributed by atoms with Crippen LogP contribution in [0.15, 0.2) is 65.5 Å². The molecule has 0 saturated carbocycles. The van der Waals surface area contributed by atoms with Crippen molar-refractivity contribution in [3.63, 3.8) is 0 Å². The molecule has 0 amide bonds. The molecule has 172 valence electrons. The minimum absolute atomic E-state index is 0.203. The highest BCUT2D eigenvalue weighted by Crippen LogP contribution is 2.44. The summed E-state index contributed by atoms with van der Waals surface area (Å²) in [5.41, 5.74) is 1.80. The van der Waals surface area contributed by atoms with Gasteiger partial charge in [0.2, 0.25) is 11.5 Å². The molecule has 0 spiro atoms. The standard InChI is InChI=1S/C25H21FN4O4/c1-32-20-13-12-18(21(33-2)22(20)34-3)23-27-28-25-29(14-15-8-10-16(26)11-9-15)24(31)17-6-4-5-7-19(17)30(23)25/h4-13H,14H2,1-3H3. The van der Waals surface area contributed by atoms with Crippen LogP contribution >= 0.6 is 0 Å². The first-order valence-corrected chi connectivity index (χ1v) is 10.5. The van der Waals surface area contributed by atoms with E-state index in [1.165, 1.54) is 30.9 Å². The summed E-state index contributed by atoms with van der Waals surface area (Å²) in [5, 5.41) is 9.29. The number of nitrogens with zero attached hydrogens (tertiary/aromatic N) is 4. The minimum Gasteiger partial charge on any atom is -0.493 e. The number of rotatable bonds is 6. The van der Waals surface area contributed by atoms with Gasteiger partial charge in [0.15, 0.2) is 17.3 Å². The molecule has 0 radical (unpaired) electrons. The number of aromatic nitrogens is 4. The van der Waals surface area contributed by atoms with E-state index < -0.39 is 0 Å². The summed E-state index contributed by atoms with van der Waals surface area (Å²) >= 11 is 0. The molecule has 0 aliphatic heterocycles. The summed E-state index contributed by atoms with van der Waals surface area (Å²) in [6.45, 7) is 0.203. The number of ether oxygens (including phenoxy) is 3. The van der Waals surface area contributed by atoms with Crippen molar-refractivity contribution < 1.29 is 18.6 Å². The lowest BCUT2D eigenvalue weighted by Crippen LogP contribution is -2.24. The van der Waals surface area contributed by atoms with Crippen molar-refractivity contribution in [2.24, 2.45) is 0 Å². The van der Waals surface area contributed by atoms with Crippen LogP contribution in [0.5, 0.6) is 17.2 Å². The Morgan fingerprint density at radius 2 is 1.59 bits per heavy atom. The van der Waals surface area contributed by atoms with Gasteiger partial charge in [-0.05, 0) is 42.0 Å². The maximum Gasteiger partial charge on any atom is 0.263 e. The molecule has 0 bridgehead atoms. The highest BCUT2D eigenvalue weighted by molar-refractivity contribution is 5.84. The van der Waals surface area contributed by atoms with E-state index in [4.69, 9.17) is 14.2 Å². The van der Waals surface area contributed by atoms with Gasteiger partial charge in [-0.15, -0.1) is 10.2 Å². The lowest BCUT2D eigenvalue weighted by atomic mass is 10.1. The smallest absolute Gasteiger partial charge is 0.263 e. The lowest BCUT2D eigenvalue weighted by Gasteiger charge is -2.16. The Morgan fingerprint density at radius 1 is 0.853 bits per heavy atom. The number of hydrogen-bond donors (Lipinski definition) is 0. The van der Waals surface area contributed by atoms with Gasteiger partial charge in [0.1, 0.15) is 5.82 Å². The largest absolute Gasteiger partial charge is 0.493 e. The summed E-state index contributed by atoms with van der Waals surface area (Å²) in [6.07, 6.45) is 0. The molecule has 0 fully saturated rings. The van der Waals surface area contributed by atoms with Crippen LogP contribution in [-0.4, -0.2) is 40.5 Å². The highest BCUT2D eigenvalue weighted by Gasteiger charge is 2.23. The minimum atomic E-state index is -0.343. The average Bonchev–Trinajstić information content (AvgIpc) is 3.31. The van der Waals surface area contributed by atoms with Crippen molar-refractivity contribution >= 4 is 16.7 Å². The predicted molar refractivity (Wildman–Crippen MR) is 125 cm³/mol. The van der Waals surface area contributed by atoms with E-state index in [0.717, 1.165) is 5.56 Å². The zero-order valence-corrected chi connectivity index (χ0v) is 18.8. The van der Waals surface area contributed by atoms with Crippen molar-refractivity contribution in [2.75, 3.05) is 21.3 Å². The quantitative estimate of drug-likeness (QED) is 0.382. The van der Waals surface area contributed by atoms with E-state index in [1.807, 2.05) is 16.5 Å². The Labute approximate surface area is 193 Å². The monoisotopic (exact) mass is 460 g/mol. The normalized spacial score (nSPS) is 11.2. The number of hydrogen-bond acceptors (Lipinski definition) is 6. The van der Waals surface area contributed by atoms with Crippen LogP contribution in [0.4, 0.5) is 4.39 Å². The van der Waals surface area contributed by atoms with E-state index in [1.54, 1.807) is 43.5 Å². The Bertz CT molecular complexity index is 1570. The molecule has 5 rings (SSSR count). The SMILES string of the molecule is COc1ccc(-c2nnc3n(Cc4ccc(F)cc4)c(=O)c4ccccc4n23)c(OC)c1OC. The maximum atomic E-state index is 13.4. The van der Waals surface area contributed by atoms with Crippen LogP contribution in [0, 0.1) is 5.82 Å². The van der Waals surface area contributed by atoms with Gasteiger partial charge < -0.3 is 14.2 Å². The van der Waals surface area contributed by atoms with E-state index in [-0.39, 0.29) is 17.9 Å². The Balaban J connectivity index is 1.82. The van der Waals surface area contributed by atoms with E-state index >= 15 is 0 Å². The fraction of sp³-hybridized carbons (Fsp3) is 0.160. The summed E-state index contributed by atoms with van der Waals surface area (Å²) in [4.78, 5) is 13.4. The first kappa shape index (κ1) is 21.4. The first-order valence-electron chi connectivity index (χ1n) is 10.5. The first-order chi connectivity index (χ1) is 16.6. The molecular formula is C25H21FN4O4. The molecule has 0 N–H and O–H groups in total. The van der Waals surface area contributed by atoms with Crippen LogP contribution in [0.1, 0.15) is 5.56 Å². The Hall–Kier alpha value is -4.40. The number of fused-ring (bicyclic) bond motifs is 3. The number of halogens is 1. The third-order valence-corrected chi connectivity index (χ3v) is 5.71. The zero-order chi connectivity index (χ0) is 23.8. The van der Waals surface area contributed by atoms with Crippen molar-refractivity contribution in [1.82, 2.24) is 19.2 Å². The molecule has 0 saturated heterocycles. The number of benzene rings is 3. The molecule has 0 atom stereocenters. The number of para-hydroxylation sites is 1. The van der Waals surface area contributed by atoms with Gasteiger partial charge in [-0.3, -0.25) is 13.8 Å². The van der Waals surface area contributed by atoms with Crippen LogP contribution < -0.4 is 19.8 Å². The molecule has 2 aromatic heterocycles. The molecule has 2 heterocycles. The summed E-state index contributed by atoms with van der Waals surface area (Å²) < 4.78 is 33.4. The molecule has 3 aromatic carbocycles. The van der Waals surface area contributed by atoms with Gasteiger partial charge in [-0.25, -0.2) is 4.39 Å². The van der Waals surface area contributed by atoms with Crippen molar-refractivity contribution in [3.8, 4) is 28.6 Å². The van der Waals surface area contributed by atoms with Gasteiger partial charge in [-0.2, -0.15) is 0 Å². The lowest BCUT2D eigenvalue weighted by molar-refractivity contribution is 0.325. The summed E-state index contributed by atoms with van der Waals surface area (Å²) in [6, 6.07) is 16.8. The molecular weight excluding hydrogens is 439 g/mol. The van der Waals surface area contributed by atoms with Gasteiger partial charge in [0.25, 0.3) is 5.56 Å². The second-order valence-electron chi connectivity index (χ2n) is 7.58. The van der Waals surface area contributed by atoms with Gasteiger partial charge >= 0.3 is 0 Å². The van der Waals surface area contributed by atoms with Gasteiger partial charge in [0.05, 0.1) is 44.3 Å². The van der Waals surface area contributed by atoms with Gasteiger partial charge in [-0.1, -0.05) is 24.3 Å². The third kappa shape index (κ3) is 3.33. The van der Waals surface area contributed by atoms with Crippen LogP contribution in [0.3, 0.4) is 0 Å². The molecule has 9 heteroatoms. The molecule has 34 heavy (non-hydrogen) atoms. The summed E-state index contributed by atoms with van der Waals surface area (Å²) in [7, 11) is 4.61. The fourth-order valence-electron chi connectivity index (χ4n) is 4.13. The van der Waals surface area contributed by atoms with Crippen LogP contribution in [-0.2, 0) is 6.54 Å². The second-order valence-corrected chi connectivity index (χ2v) is 7.58. The molecule has 0 aliphatic carbocycles. The Kier molecular flexibility index (Phi) is 5.37. The van der Waals surface area contributed by atoms with Crippen molar-refractivity contribution in [2.45, 2.75) is 6.54 Å². The van der Waals surface area contributed by atoms with E-state index in [2.05, 4.69) is 10.2 Å². The van der Waals surface area contributed by atoms with Crippen LogP contribution in [0.25, 0.3) is 28.1 Å². The van der Waals surface area contributed by atoms with Crippen molar-refractivity contribution in [3.05, 3.63) is 82.4 Å². The molecule has 5 aromatic rings. The molecule has 0 unspecified atom stereocenters. The predicted octanol–water partition coefficient (Wildman–Crippen LogP) is 3.92. The van der Waals surface area contributed by atoms with E-state index in [0.29, 0.717) is 45.3 Å². The second kappa shape index (κ2) is 8.51. The highest BCUT2D eigenvalue weighted by atomic mass is 19.1. The molecule has 8 nitrogen and oxygen atoms in total. The molecule has 0 aliphatic rings. The topological polar surface area (TPSA) is 79.9 Å². The summed E-state index contributed by atoms with van der Waals surface area (Å²) in [5.74, 6) is 1.83. The average molecular weight is 460 g/mol. The Morgan fingerprint density at radius 3 is 2.29 bits per heavy atom. The van der Waals surface area contributed by atoms with Crippen molar-refractivity contribution in [1.29, 1.82) is 0 Å². The maximum absolute atomic E-state index is 13.4. The zero-order valence-electron chi connectivity index (χ0n) is 18.8. The third-order valence-electron chi connectivity index (χ3n) is 5.71. The van der Waals surface area contributed by atoms with E-state index in [9.17, 15) is 9.18 Å². The fourth-order valence-corrected chi connectivity index (χ4v) is 4.13. The number of methoxy groups -OCH3 is 3. The van der Waals surface area contributed by atoms with Gasteiger partial charge in [0, 0.05) is 0 Å².